The van der Waals surface area contributed by atoms with Gasteiger partial charge in [0.25, 0.3) is 10.0 Å². The van der Waals surface area contributed by atoms with Crippen LogP contribution in [0.2, 0.25) is 0 Å². The molecule has 1 aromatic carbocycles. The molecule has 101 valence electrons. The van der Waals surface area contributed by atoms with Crippen molar-refractivity contribution in [2.45, 2.75) is 18.7 Å². The molecule has 1 aromatic rings. The van der Waals surface area contributed by atoms with E-state index in [9.17, 15) is 8.42 Å². The molecule has 0 aliphatic carbocycles. The summed E-state index contributed by atoms with van der Waals surface area (Å²) in [6.07, 6.45) is 5.29. The van der Waals surface area contributed by atoms with E-state index in [0.717, 1.165) is 11.5 Å². The number of hydrogen-bond acceptors (Lipinski definition) is 3. The fourth-order valence-electron chi connectivity index (χ4n) is 1.84. The molecule has 1 heterocycles. The molecule has 0 aromatic heterocycles. The van der Waals surface area contributed by atoms with Crippen LogP contribution in [0.25, 0.3) is 0 Å². The first-order valence-corrected chi connectivity index (χ1v) is 7.39. The molecule has 0 amide bonds. The van der Waals surface area contributed by atoms with Crippen LogP contribution < -0.4 is 5.32 Å². The lowest BCUT2D eigenvalue weighted by Crippen LogP contribution is -2.30. The lowest BCUT2D eigenvalue weighted by Gasteiger charge is -2.26. The zero-order chi connectivity index (χ0) is 14.0. The Morgan fingerprint density at radius 3 is 2.32 bits per heavy atom. The fourth-order valence-corrected chi connectivity index (χ4v) is 3.09. The Kier molecular flexibility index (Phi) is 3.66. The minimum Gasteiger partial charge on any atom is -0.366 e. The summed E-state index contributed by atoms with van der Waals surface area (Å²) in [6, 6.07) is 6.85. The van der Waals surface area contributed by atoms with Gasteiger partial charge in [0, 0.05) is 19.2 Å². The highest BCUT2D eigenvalue weighted by molar-refractivity contribution is 7.89. The van der Waals surface area contributed by atoms with E-state index in [1.807, 2.05) is 19.9 Å². The van der Waals surface area contributed by atoms with E-state index in [2.05, 4.69) is 5.32 Å². The largest absolute Gasteiger partial charge is 0.366 e. The highest BCUT2D eigenvalue weighted by Crippen LogP contribution is 2.26. The fraction of sp³-hybridized carbons (Fsp3) is 0.214. The lowest BCUT2D eigenvalue weighted by atomic mass is 10.1. The van der Waals surface area contributed by atoms with Crippen LogP contribution in [-0.2, 0) is 10.0 Å². The summed E-state index contributed by atoms with van der Waals surface area (Å²) in [4.78, 5) is 0.295. The summed E-state index contributed by atoms with van der Waals surface area (Å²) in [6.45, 7) is 3.81. The van der Waals surface area contributed by atoms with Crippen molar-refractivity contribution >= 4 is 10.0 Å². The molecular weight excluding hydrogens is 260 g/mol. The SMILES string of the molecule is C[C]1C=CNC=C1N(C)S(=O)(=O)c1ccc(C)cc1. The molecule has 1 aliphatic rings. The second kappa shape index (κ2) is 5.09. The molecule has 0 saturated heterocycles. The number of nitrogens with one attached hydrogen (secondary N) is 1. The molecule has 5 heteroatoms. The van der Waals surface area contributed by atoms with Crippen molar-refractivity contribution in [1.82, 2.24) is 9.62 Å². The monoisotopic (exact) mass is 277 g/mol. The molecule has 0 fully saturated rings. The van der Waals surface area contributed by atoms with Gasteiger partial charge in [-0.2, -0.15) is 0 Å². The van der Waals surface area contributed by atoms with Crippen LogP contribution in [0.4, 0.5) is 0 Å². The van der Waals surface area contributed by atoms with Crippen LogP contribution in [0.5, 0.6) is 0 Å². The smallest absolute Gasteiger partial charge is 0.263 e. The third kappa shape index (κ3) is 2.66. The molecule has 4 nitrogen and oxygen atoms in total. The molecule has 1 aliphatic heterocycles. The highest BCUT2D eigenvalue weighted by atomic mass is 32.2. The third-order valence-electron chi connectivity index (χ3n) is 3.07. The minimum atomic E-state index is -3.52. The molecule has 2 rings (SSSR count). The number of allylic oxidation sites excluding steroid dienone is 1. The van der Waals surface area contributed by atoms with Gasteiger partial charge in [0.2, 0.25) is 0 Å². The molecular formula is C14H17N2O2S. The van der Waals surface area contributed by atoms with E-state index >= 15 is 0 Å². The number of dihydropyridines is 1. The predicted octanol–water partition coefficient (Wildman–Crippen LogP) is 2.17. The maximum atomic E-state index is 12.5. The number of benzene rings is 1. The van der Waals surface area contributed by atoms with E-state index in [4.69, 9.17) is 0 Å². The summed E-state index contributed by atoms with van der Waals surface area (Å²) in [5.74, 6) is 0.900. The van der Waals surface area contributed by atoms with Crippen molar-refractivity contribution in [1.29, 1.82) is 0 Å². The molecule has 1 radical (unpaired) electrons. The second-order valence-electron chi connectivity index (χ2n) is 4.50. The van der Waals surface area contributed by atoms with Crippen molar-refractivity contribution in [3.05, 3.63) is 59.9 Å². The van der Waals surface area contributed by atoms with Gasteiger partial charge in [0.15, 0.2) is 0 Å². The Morgan fingerprint density at radius 2 is 1.74 bits per heavy atom. The molecule has 0 saturated carbocycles. The van der Waals surface area contributed by atoms with Crippen LogP contribution in [-0.4, -0.2) is 19.8 Å². The van der Waals surface area contributed by atoms with E-state index in [1.54, 1.807) is 43.7 Å². The molecule has 1 N–H and O–H groups in total. The van der Waals surface area contributed by atoms with E-state index in [1.165, 1.54) is 4.31 Å². The van der Waals surface area contributed by atoms with Gasteiger partial charge in [-0.15, -0.1) is 0 Å². The van der Waals surface area contributed by atoms with Crippen molar-refractivity contribution < 1.29 is 8.42 Å². The summed E-state index contributed by atoms with van der Waals surface area (Å²) >= 11 is 0. The van der Waals surface area contributed by atoms with Crippen molar-refractivity contribution in [3.8, 4) is 0 Å². The number of rotatable bonds is 3. The lowest BCUT2D eigenvalue weighted by molar-refractivity contribution is 0.520. The summed E-state index contributed by atoms with van der Waals surface area (Å²) < 4.78 is 26.3. The first-order valence-electron chi connectivity index (χ1n) is 5.95. The average molecular weight is 277 g/mol. The standard InChI is InChI=1S/C14H17N2O2S/c1-11-4-6-13(7-5-11)19(17,18)16(3)14-10-15-9-8-12(14)2/h4-10,15H,1-3H3. The maximum absolute atomic E-state index is 12.5. The van der Waals surface area contributed by atoms with Crippen molar-refractivity contribution in [3.63, 3.8) is 0 Å². The van der Waals surface area contributed by atoms with Gasteiger partial charge >= 0.3 is 0 Å². The van der Waals surface area contributed by atoms with E-state index in [-0.39, 0.29) is 0 Å². The van der Waals surface area contributed by atoms with Crippen LogP contribution in [0.15, 0.2) is 53.3 Å². The quantitative estimate of drug-likeness (QED) is 0.921. The molecule has 0 spiro atoms. The zero-order valence-corrected chi connectivity index (χ0v) is 12.0. The van der Waals surface area contributed by atoms with Gasteiger partial charge in [-0.05, 0) is 32.2 Å². The van der Waals surface area contributed by atoms with Crippen LogP contribution in [0, 0.1) is 12.8 Å². The Balaban J connectivity index is 2.34. The Hall–Kier alpha value is -1.75. The Labute approximate surface area is 114 Å². The Morgan fingerprint density at radius 1 is 1.11 bits per heavy atom. The van der Waals surface area contributed by atoms with Crippen LogP contribution >= 0.6 is 0 Å². The molecule has 0 atom stereocenters. The van der Waals surface area contributed by atoms with Crippen molar-refractivity contribution in [2.24, 2.45) is 0 Å². The zero-order valence-electron chi connectivity index (χ0n) is 11.2. The normalized spacial score (nSPS) is 15.8. The van der Waals surface area contributed by atoms with Crippen LogP contribution in [0.3, 0.4) is 0 Å². The predicted molar refractivity (Wildman–Crippen MR) is 75.4 cm³/mol. The topological polar surface area (TPSA) is 49.4 Å². The summed E-state index contributed by atoms with van der Waals surface area (Å²) in [5, 5.41) is 2.91. The van der Waals surface area contributed by atoms with Gasteiger partial charge in [0.05, 0.1) is 10.6 Å². The number of nitrogens with zero attached hydrogens (tertiary/aromatic N) is 1. The van der Waals surface area contributed by atoms with Crippen LogP contribution in [0.1, 0.15) is 12.5 Å². The second-order valence-corrected chi connectivity index (χ2v) is 6.47. The minimum absolute atomic E-state index is 0.295. The van der Waals surface area contributed by atoms with Gasteiger partial charge in [-0.3, -0.25) is 4.31 Å². The number of aryl methyl sites for hydroxylation is 1. The number of hydrogen-bond donors (Lipinski definition) is 1. The van der Waals surface area contributed by atoms with Gasteiger partial charge in [-0.25, -0.2) is 8.42 Å². The summed E-state index contributed by atoms with van der Waals surface area (Å²) in [7, 11) is -1.96. The first-order chi connectivity index (χ1) is 8.93. The molecule has 0 bridgehead atoms. The van der Waals surface area contributed by atoms with Gasteiger partial charge < -0.3 is 5.32 Å². The maximum Gasteiger partial charge on any atom is 0.263 e. The summed E-state index contributed by atoms with van der Waals surface area (Å²) in [5.41, 5.74) is 1.67. The highest BCUT2D eigenvalue weighted by Gasteiger charge is 2.26. The molecule has 0 unspecified atom stereocenters. The number of sulfonamides is 1. The van der Waals surface area contributed by atoms with E-state index < -0.39 is 10.0 Å². The Bertz CT molecular complexity index is 615. The average Bonchev–Trinajstić information content (AvgIpc) is 2.39. The van der Waals surface area contributed by atoms with Gasteiger partial charge in [0.1, 0.15) is 0 Å². The van der Waals surface area contributed by atoms with E-state index in [0.29, 0.717) is 10.6 Å². The van der Waals surface area contributed by atoms with Gasteiger partial charge in [-0.1, -0.05) is 23.8 Å². The van der Waals surface area contributed by atoms with Crippen molar-refractivity contribution in [2.75, 3.05) is 7.05 Å². The molecule has 19 heavy (non-hydrogen) atoms. The third-order valence-corrected chi connectivity index (χ3v) is 4.86. The first kappa shape index (κ1) is 13.7.